The maximum Gasteiger partial charge on any atom is 0.164 e. The first-order chi connectivity index (χ1) is 10.6. The summed E-state index contributed by atoms with van der Waals surface area (Å²) in [6.45, 7) is 1.98. The van der Waals surface area contributed by atoms with Crippen molar-refractivity contribution >= 4 is 40.1 Å². The molecule has 0 saturated heterocycles. The van der Waals surface area contributed by atoms with Crippen LogP contribution in [-0.2, 0) is 4.33 Å². The van der Waals surface area contributed by atoms with Crippen LogP contribution >= 0.6 is 23.2 Å². The highest BCUT2D eigenvalue weighted by atomic mass is 35.5. The van der Waals surface area contributed by atoms with Gasteiger partial charge in [0.1, 0.15) is 0 Å². The fourth-order valence-corrected chi connectivity index (χ4v) is 3.65. The van der Waals surface area contributed by atoms with Crippen LogP contribution < -0.4 is 0 Å². The van der Waals surface area contributed by atoms with Gasteiger partial charge >= 0.3 is 0 Å². The number of halogens is 2. The van der Waals surface area contributed by atoms with Gasteiger partial charge in [0, 0.05) is 0 Å². The molecule has 0 aromatic heterocycles. The van der Waals surface area contributed by atoms with E-state index < -0.39 is 4.33 Å². The van der Waals surface area contributed by atoms with Gasteiger partial charge in [0.05, 0.1) is 0 Å². The molecule has 0 aliphatic heterocycles. The monoisotopic (exact) mass is 324 g/mol. The lowest BCUT2D eigenvalue weighted by Crippen LogP contribution is -2.08. The van der Waals surface area contributed by atoms with Gasteiger partial charge in [-0.25, -0.2) is 0 Å². The zero-order valence-electron chi connectivity index (χ0n) is 12.1. The molecule has 2 heteroatoms. The molecule has 4 rings (SSSR count). The second kappa shape index (κ2) is 4.87. The average Bonchev–Trinajstić information content (AvgIpc) is 2.77. The molecule has 0 unspecified atom stereocenters. The molecule has 0 nitrogen and oxygen atoms in total. The summed E-state index contributed by atoms with van der Waals surface area (Å²) >= 11 is 13.0. The third-order valence-corrected chi connectivity index (χ3v) is 5.38. The van der Waals surface area contributed by atoms with E-state index in [1.165, 1.54) is 21.9 Å². The van der Waals surface area contributed by atoms with Crippen molar-refractivity contribution in [2.75, 3.05) is 0 Å². The van der Waals surface area contributed by atoms with Crippen LogP contribution in [0.3, 0.4) is 0 Å². The molecule has 3 aromatic carbocycles. The number of allylic oxidation sites excluding steroid dienone is 1. The normalized spacial score (nSPS) is 15.7. The Morgan fingerprint density at radius 3 is 2.32 bits per heavy atom. The summed E-state index contributed by atoms with van der Waals surface area (Å²) in [4.78, 5) is 0. The molecule has 0 saturated carbocycles. The zero-order valence-corrected chi connectivity index (χ0v) is 13.6. The quantitative estimate of drug-likeness (QED) is 0.445. The minimum Gasteiger partial charge on any atom is -0.0913 e. The topological polar surface area (TPSA) is 0 Å². The lowest BCUT2D eigenvalue weighted by Gasteiger charge is -2.18. The first-order valence-electron chi connectivity index (χ1n) is 7.27. The van der Waals surface area contributed by atoms with E-state index in [9.17, 15) is 0 Å². The average molecular weight is 325 g/mol. The molecule has 0 N–H and O–H groups in total. The Kier molecular flexibility index (Phi) is 3.07. The van der Waals surface area contributed by atoms with Crippen LogP contribution in [0.15, 0.2) is 66.2 Å². The minimum absolute atomic E-state index is 0.921. The Morgan fingerprint density at radius 2 is 1.45 bits per heavy atom. The fourth-order valence-electron chi connectivity index (χ4n) is 3.21. The van der Waals surface area contributed by atoms with Crippen LogP contribution in [0.4, 0.5) is 0 Å². The number of rotatable bonds is 1. The molecule has 1 aliphatic carbocycles. The third kappa shape index (κ3) is 1.91. The highest BCUT2D eigenvalue weighted by molar-refractivity contribution is 6.51. The summed E-state index contributed by atoms with van der Waals surface area (Å²) in [5, 5.41) is 2.48. The van der Waals surface area contributed by atoms with E-state index in [4.69, 9.17) is 23.2 Å². The predicted octanol–water partition coefficient (Wildman–Crippen LogP) is 6.55. The van der Waals surface area contributed by atoms with E-state index in [1.807, 2.05) is 19.1 Å². The van der Waals surface area contributed by atoms with Crippen molar-refractivity contribution in [3.05, 3.63) is 77.4 Å². The second-order valence-electron chi connectivity index (χ2n) is 5.70. The summed E-state index contributed by atoms with van der Waals surface area (Å²) in [5.74, 6) is 0. The van der Waals surface area contributed by atoms with Crippen LogP contribution in [-0.4, -0.2) is 0 Å². The molecule has 0 fully saturated rings. The van der Waals surface area contributed by atoms with Crippen molar-refractivity contribution in [1.82, 2.24) is 0 Å². The van der Waals surface area contributed by atoms with Gasteiger partial charge in [-0.2, -0.15) is 0 Å². The largest absolute Gasteiger partial charge is 0.164 e. The summed E-state index contributed by atoms with van der Waals surface area (Å²) in [7, 11) is 0. The minimum atomic E-state index is -0.921. The predicted molar refractivity (Wildman–Crippen MR) is 96.4 cm³/mol. The van der Waals surface area contributed by atoms with Gasteiger partial charge in [-0.3, -0.25) is 0 Å². The molecule has 0 heterocycles. The summed E-state index contributed by atoms with van der Waals surface area (Å²) in [6, 6.07) is 21.0. The molecule has 0 spiro atoms. The van der Waals surface area contributed by atoms with Crippen molar-refractivity contribution in [2.24, 2.45) is 0 Å². The highest BCUT2D eigenvalue weighted by Crippen LogP contribution is 2.50. The number of alkyl halides is 2. The van der Waals surface area contributed by atoms with Crippen molar-refractivity contribution in [1.29, 1.82) is 0 Å². The highest BCUT2D eigenvalue weighted by Gasteiger charge is 2.36. The maximum atomic E-state index is 6.52. The van der Waals surface area contributed by atoms with E-state index in [0.29, 0.717) is 0 Å². The third-order valence-electron chi connectivity index (χ3n) is 4.38. The first kappa shape index (κ1) is 13.9. The molecule has 0 bridgehead atoms. The van der Waals surface area contributed by atoms with Crippen molar-refractivity contribution < 1.29 is 0 Å². The molecular formula is C20H14Cl2. The Labute approximate surface area is 140 Å². The summed E-state index contributed by atoms with van der Waals surface area (Å²) < 4.78 is -0.921. The zero-order chi connectivity index (χ0) is 15.3. The Bertz CT molecular complexity index is 915. The molecule has 3 aromatic rings. The first-order valence-corrected chi connectivity index (χ1v) is 8.03. The SMILES string of the molecule is CC1=Cc2c(-c3cccc4ccccc34)cccc2C1(Cl)Cl. The summed E-state index contributed by atoms with van der Waals surface area (Å²) in [6.07, 6.45) is 2.10. The van der Waals surface area contributed by atoms with Crippen molar-refractivity contribution in [2.45, 2.75) is 11.3 Å². The van der Waals surface area contributed by atoms with Crippen LogP contribution in [0.2, 0.25) is 0 Å². The van der Waals surface area contributed by atoms with Crippen LogP contribution in [0, 0.1) is 0 Å². The second-order valence-corrected chi connectivity index (χ2v) is 7.02. The van der Waals surface area contributed by atoms with E-state index >= 15 is 0 Å². The van der Waals surface area contributed by atoms with Crippen molar-refractivity contribution in [3.63, 3.8) is 0 Å². The number of benzene rings is 3. The number of hydrogen-bond acceptors (Lipinski definition) is 0. The smallest absolute Gasteiger partial charge is 0.0913 e. The van der Waals surface area contributed by atoms with E-state index in [0.717, 1.165) is 16.7 Å². The van der Waals surface area contributed by atoms with Crippen LogP contribution in [0.1, 0.15) is 18.1 Å². The Hall–Kier alpha value is -1.76. The lowest BCUT2D eigenvalue weighted by molar-refractivity contribution is 1.04. The fraction of sp³-hybridized carbons (Fsp3) is 0.100. The van der Waals surface area contributed by atoms with Gasteiger partial charge in [0.25, 0.3) is 0 Å². The summed E-state index contributed by atoms with van der Waals surface area (Å²) in [5.41, 5.74) is 5.46. The van der Waals surface area contributed by atoms with Crippen LogP contribution in [0.25, 0.3) is 28.0 Å². The standard InChI is InChI=1S/C20H14Cl2/c1-13-12-18-17(10-5-11-19(18)20(13,21)22)16-9-4-7-14-6-2-3-8-15(14)16/h2-12H,1H3. The maximum absolute atomic E-state index is 6.52. The van der Waals surface area contributed by atoms with Gasteiger partial charge in [-0.15, -0.1) is 0 Å². The molecule has 22 heavy (non-hydrogen) atoms. The van der Waals surface area contributed by atoms with Gasteiger partial charge < -0.3 is 0 Å². The lowest BCUT2D eigenvalue weighted by atomic mass is 9.93. The van der Waals surface area contributed by atoms with E-state index in [1.54, 1.807) is 0 Å². The van der Waals surface area contributed by atoms with E-state index in [-0.39, 0.29) is 0 Å². The molecule has 108 valence electrons. The Morgan fingerprint density at radius 1 is 0.773 bits per heavy atom. The van der Waals surface area contributed by atoms with Crippen molar-refractivity contribution in [3.8, 4) is 11.1 Å². The van der Waals surface area contributed by atoms with Gasteiger partial charge in [-0.05, 0) is 45.5 Å². The van der Waals surface area contributed by atoms with E-state index in [2.05, 4.69) is 54.6 Å². The molecule has 0 atom stereocenters. The number of fused-ring (bicyclic) bond motifs is 2. The van der Waals surface area contributed by atoms with Gasteiger partial charge in [-0.1, -0.05) is 89.9 Å². The molecule has 0 amide bonds. The molecule has 1 aliphatic rings. The molecule has 0 radical (unpaired) electrons. The van der Waals surface area contributed by atoms with Crippen LogP contribution in [0.5, 0.6) is 0 Å². The Balaban J connectivity index is 2.05. The van der Waals surface area contributed by atoms with Gasteiger partial charge in [0.15, 0.2) is 4.33 Å². The van der Waals surface area contributed by atoms with Gasteiger partial charge in [0.2, 0.25) is 0 Å². The number of hydrogen-bond donors (Lipinski definition) is 0. The molecular weight excluding hydrogens is 311 g/mol.